The van der Waals surface area contributed by atoms with Gasteiger partial charge in [0.25, 0.3) is 10.0 Å². The van der Waals surface area contributed by atoms with Gasteiger partial charge < -0.3 is 9.82 Å². The standard InChI is InChI=1S/C27H22F6N4O7S2/c28-26(29,30)17-4-3-5-18(13-17)46(42,43)37(44-25(39)27(31,32)33)21(24-34-19-6-1-2-7-20(19)35-24)12-15-8-10-16(11-9-15)22-14-23(38)36-45(22,40)41/h1-11,13,21-22,40-41H,12,14H2,(H,34,35)(H,36,38). The molecule has 11 nitrogen and oxygen atoms in total. The molecule has 2 atom stereocenters. The van der Waals surface area contributed by atoms with Crippen LogP contribution in [0.1, 0.15) is 40.2 Å². The van der Waals surface area contributed by atoms with Crippen LogP contribution in [0.25, 0.3) is 11.0 Å². The summed E-state index contributed by atoms with van der Waals surface area (Å²) in [6.45, 7) is 0. The second-order valence-corrected chi connectivity index (χ2v) is 13.8. The lowest BCUT2D eigenvalue weighted by molar-refractivity contribution is -0.227. The zero-order chi connectivity index (χ0) is 33.7. The number of aromatic amines is 1. The first-order chi connectivity index (χ1) is 21.4. The molecule has 0 radical (unpaired) electrons. The molecule has 3 aromatic carbocycles. The molecule has 1 aliphatic rings. The number of hydrogen-bond acceptors (Lipinski definition) is 8. The summed E-state index contributed by atoms with van der Waals surface area (Å²) in [5.41, 5.74) is -0.410. The average Bonchev–Trinajstić information content (AvgIpc) is 3.53. The Balaban J connectivity index is 1.62. The van der Waals surface area contributed by atoms with Gasteiger partial charge in [0.2, 0.25) is 5.91 Å². The first-order valence-electron chi connectivity index (χ1n) is 13.0. The first kappa shape index (κ1) is 33.2. The van der Waals surface area contributed by atoms with Crippen molar-refractivity contribution in [2.75, 3.05) is 0 Å². The van der Waals surface area contributed by atoms with Gasteiger partial charge in [0, 0.05) is 0 Å². The Morgan fingerprint density at radius 1 is 1.02 bits per heavy atom. The fourth-order valence-corrected chi connectivity index (χ4v) is 7.61. The van der Waals surface area contributed by atoms with Crippen LogP contribution in [-0.2, 0) is 37.0 Å². The van der Waals surface area contributed by atoms with Crippen molar-refractivity contribution in [1.29, 1.82) is 0 Å². The number of hydroxylamine groups is 1. The third-order valence-electron chi connectivity index (χ3n) is 6.89. The molecule has 2 unspecified atom stereocenters. The highest BCUT2D eigenvalue weighted by Gasteiger charge is 2.48. The molecule has 4 aromatic rings. The summed E-state index contributed by atoms with van der Waals surface area (Å²) in [6, 6.07) is 11.8. The molecule has 46 heavy (non-hydrogen) atoms. The molecule has 1 saturated heterocycles. The van der Waals surface area contributed by atoms with Gasteiger partial charge in [-0.2, -0.15) is 26.3 Å². The van der Waals surface area contributed by atoms with Crippen LogP contribution in [0.3, 0.4) is 0 Å². The van der Waals surface area contributed by atoms with Gasteiger partial charge in [0.05, 0.1) is 27.9 Å². The third-order valence-corrected chi connectivity index (χ3v) is 10.3. The number of nitrogens with one attached hydrogen (secondary N) is 2. The predicted molar refractivity (Wildman–Crippen MR) is 150 cm³/mol. The van der Waals surface area contributed by atoms with Gasteiger partial charge in [0.1, 0.15) is 17.1 Å². The minimum absolute atomic E-state index is 0.184. The number of H-pyrrole nitrogens is 1. The van der Waals surface area contributed by atoms with E-state index >= 15 is 0 Å². The smallest absolute Gasteiger partial charge is 0.344 e. The van der Waals surface area contributed by atoms with Gasteiger partial charge in [-0.1, -0.05) is 42.5 Å². The summed E-state index contributed by atoms with van der Waals surface area (Å²) in [5, 5.41) is -1.02. The van der Waals surface area contributed by atoms with E-state index in [1.54, 1.807) is 12.1 Å². The molecule has 1 amide bonds. The SMILES string of the molecule is O=C1CC(c2ccc(CC(c3nc4ccccc4[nH]3)N(OC(=O)C(F)(F)F)S(=O)(=O)c3cccc(C(F)(F)F)c3)cc2)S(O)(O)N1. The van der Waals surface area contributed by atoms with Crippen LogP contribution in [0, 0.1) is 0 Å². The monoisotopic (exact) mass is 692 g/mol. The number of benzene rings is 3. The summed E-state index contributed by atoms with van der Waals surface area (Å²) >= 11 is 0. The van der Waals surface area contributed by atoms with Crippen molar-refractivity contribution >= 4 is 43.7 Å². The number of rotatable bonds is 8. The summed E-state index contributed by atoms with van der Waals surface area (Å²) in [6.07, 6.45) is -11.5. The Bertz CT molecular complexity index is 1860. The maximum atomic E-state index is 13.8. The Hall–Kier alpha value is -4.17. The molecule has 2 heterocycles. The molecule has 1 aliphatic heterocycles. The second-order valence-electron chi connectivity index (χ2n) is 10.1. The Morgan fingerprint density at radius 3 is 2.28 bits per heavy atom. The Labute approximate surface area is 257 Å². The lowest BCUT2D eigenvalue weighted by atomic mass is 10.0. The minimum atomic E-state index is -5.71. The topological polar surface area (TPSA) is 162 Å². The molecule has 4 N–H and O–H groups in total. The van der Waals surface area contributed by atoms with Crippen LogP contribution in [0.15, 0.2) is 77.7 Å². The zero-order valence-corrected chi connectivity index (χ0v) is 24.5. The lowest BCUT2D eigenvalue weighted by Crippen LogP contribution is -2.42. The van der Waals surface area contributed by atoms with Crippen LogP contribution < -0.4 is 4.72 Å². The number of amides is 1. The number of para-hydroxylation sites is 2. The summed E-state index contributed by atoms with van der Waals surface area (Å²) in [7, 11) is -9.00. The highest BCUT2D eigenvalue weighted by Crippen LogP contribution is 2.56. The van der Waals surface area contributed by atoms with Crippen LogP contribution in [-0.4, -0.2) is 50.0 Å². The molecule has 1 fully saturated rings. The van der Waals surface area contributed by atoms with Gasteiger partial charge in [-0.15, -0.1) is 10.8 Å². The van der Waals surface area contributed by atoms with Crippen molar-refractivity contribution in [3.8, 4) is 0 Å². The van der Waals surface area contributed by atoms with E-state index in [0.717, 1.165) is 6.07 Å². The number of sulfonamides is 1. The third kappa shape index (κ3) is 6.82. The van der Waals surface area contributed by atoms with E-state index in [1.165, 1.54) is 36.4 Å². The lowest BCUT2D eigenvalue weighted by Gasteiger charge is -2.33. The highest BCUT2D eigenvalue weighted by atomic mass is 32.3. The zero-order valence-electron chi connectivity index (χ0n) is 22.9. The molecule has 0 bridgehead atoms. The van der Waals surface area contributed by atoms with Gasteiger partial charge in [-0.3, -0.25) is 18.6 Å². The van der Waals surface area contributed by atoms with Gasteiger partial charge in [-0.25, -0.2) is 18.2 Å². The molecule has 19 heteroatoms. The van der Waals surface area contributed by atoms with Crippen molar-refractivity contribution in [1.82, 2.24) is 19.2 Å². The van der Waals surface area contributed by atoms with Crippen LogP contribution in [0.2, 0.25) is 0 Å². The van der Waals surface area contributed by atoms with Crippen molar-refractivity contribution in [3.05, 3.63) is 95.3 Å². The minimum Gasteiger partial charge on any atom is -0.344 e. The predicted octanol–water partition coefficient (Wildman–Crippen LogP) is 5.80. The number of imidazole rings is 1. The molecular weight excluding hydrogens is 670 g/mol. The fourth-order valence-electron chi connectivity index (χ4n) is 4.72. The van der Waals surface area contributed by atoms with Crippen LogP contribution in [0.4, 0.5) is 26.3 Å². The van der Waals surface area contributed by atoms with Gasteiger partial charge >= 0.3 is 18.3 Å². The van der Waals surface area contributed by atoms with Crippen molar-refractivity contribution < 1.29 is 58.3 Å². The highest BCUT2D eigenvalue weighted by molar-refractivity contribution is 8.23. The molecule has 0 aliphatic carbocycles. The number of carbonyl (C=O) groups is 2. The number of aromatic nitrogens is 2. The van der Waals surface area contributed by atoms with E-state index in [1.807, 2.05) is 0 Å². The number of carbonyl (C=O) groups excluding carboxylic acids is 2. The number of halogens is 6. The Morgan fingerprint density at radius 2 is 1.70 bits per heavy atom. The van der Waals surface area contributed by atoms with E-state index in [-0.39, 0.29) is 33.9 Å². The molecule has 5 rings (SSSR count). The summed E-state index contributed by atoms with van der Waals surface area (Å²) < 4.78 is 130. The first-order valence-corrected chi connectivity index (χ1v) is 16.0. The van der Waals surface area contributed by atoms with E-state index in [9.17, 15) is 53.5 Å². The number of hydrogen-bond donors (Lipinski definition) is 4. The van der Waals surface area contributed by atoms with Gasteiger partial charge in [0.15, 0.2) is 0 Å². The average molecular weight is 693 g/mol. The molecule has 1 aromatic heterocycles. The van der Waals surface area contributed by atoms with E-state index in [0.29, 0.717) is 23.2 Å². The quantitative estimate of drug-likeness (QED) is 0.133. The molecule has 246 valence electrons. The van der Waals surface area contributed by atoms with E-state index < -0.39 is 73.2 Å². The van der Waals surface area contributed by atoms with Crippen molar-refractivity contribution in [2.24, 2.45) is 0 Å². The maximum Gasteiger partial charge on any atom is 0.492 e. The maximum absolute atomic E-state index is 13.8. The van der Waals surface area contributed by atoms with Crippen molar-refractivity contribution in [3.63, 3.8) is 0 Å². The van der Waals surface area contributed by atoms with E-state index in [2.05, 4.69) is 19.5 Å². The molecule has 0 saturated carbocycles. The number of alkyl halides is 6. The van der Waals surface area contributed by atoms with Gasteiger partial charge in [-0.05, 0) is 52.3 Å². The number of nitrogens with zero attached hydrogens (tertiary/aromatic N) is 2. The van der Waals surface area contributed by atoms with Crippen LogP contribution >= 0.6 is 10.8 Å². The summed E-state index contributed by atoms with van der Waals surface area (Å²) in [4.78, 5) is 34.1. The largest absolute Gasteiger partial charge is 0.492 e. The number of fused-ring (bicyclic) bond motifs is 1. The van der Waals surface area contributed by atoms with E-state index in [4.69, 9.17) is 0 Å². The molecule has 0 spiro atoms. The second kappa shape index (κ2) is 11.9. The van der Waals surface area contributed by atoms with Crippen molar-refractivity contribution in [2.45, 2.75) is 41.4 Å². The molecular formula is C27H22F6N4O7S2. The normalized spacial score (nSPS) is 18.4. The Kier molecular flexibility index (Phi) is 8.58. The fraction of sp³-hybridized carbons (Fsp3) is 0.222. The summed E-state index contributed by atoms with van der Waals surface area (Å²) in [5.74, 6) is -3.90. The van der Waals surface area contributed by atoms with Crippen LogP contribution in [0.5, 0.6) is 0 Å².